The second-order valence-corrected chi connectivity index (χ2v) is 6.80. The zero-order chi connectivity index (χ0) is 15.4. The molecule has 0 radical (unpaired) electrons. The van der Waals surface area contributed by atoms with Crippen LogP contribution in [0.2, 0.25) is 0 Å². The van der Waals surface area contributed by atoms with Gasteiger partial charge in [-0.2, -0.15) is 0 Å². The molecule has 1 aliphatic heterocycles. The maximum Gasteiger partial charge on any atom is 0.0979 e. The molecule has 0 saturated carbocycles. The number of aryl methyl sites for hydroxylation is 1. The Labute approximate surface area is 133 Å². The van der Waals surface area contributed by atoms with Crippen LogP contribution in [0.25, 0.3) is 0 Å². The lowest BCUT2D eigenvalue weighted by atomic mass is 9.91. The molecule has 3 rings (SSSR count). The van der Waals surface area contributed by atoms with Gasteiger partial charge in [-0.1, -0.05) is 60.7 Å². The molecule has 1 heterocycles. The van der Waals surface area contributed by atoms with E-state index in [0.29, 0.717) is 6.04 Å². The molecule has 0 amide bonds. The molecule has 2 aromatic carbocycles. The van der Waals surface area contributed by atoms with Gasteiger partial charge in [0.05, 0.1) is 12.7 Å². The molecule has 1 aliphatic rings. The van der Waals surface area contributed by atoms with Crippen molar-refractivity contribution in [2.45, 2.75) is 44.4 Å². The Kier molecular flexibility index (Phi) is 4.60. The van der Waals surface area contributed by atoms with Crippen LogP contribution in [0.1, 0.15) is 37.5 Å². The van der Waals surface area contributed by atoms with E-state index in [1.165, 1.54) is 11.1 Å². The summed E-state index contributed by atoms with van der Waals surface area (Å²) in [6.07, 6.45) is 2.28. The Bertz CT molecular complexity index is 579. The normalized spacial score (nSPS) is 24.1. The van der Waals surface area contributed by atoms with Gasteiger partial charge in [0, 0.05) is 11.6 Å². The zero-order valence-corrected chi connectivity index (χ0v) is 13.5. The van der Waals surface area contributed by atoms with Gasteiger partial charge >= 0.3 is 0 Å². The highest BCUT2D eigenvalue weighted by atomic mass is 16.5. The fourth-order valence-corrected chi connectivity index (χ4v) is 3.20. The summed E-state index contributed by atoms with van der Waals surface area (Å²) in [5.41, 5.74) is 2.69. The van der Waals surface area contributed by atoms with Crippen LogP contribution in [-0.2, 0) is 11.2 Å². The predicted molar refractivity (Wildman–Crippen MR) is 90.9 cm³/mol. The van der Waals surface area contributed by atoms with Crippen molar-refractivity contribution < 1.29 is 4.74 Å². The van der Waals surface area contributed by atoms with Crippen molar-refractivity contribution in [2.75, 3.05) is 6.61 Å². The topological polar surface area (TPSA) is 21.3 Å². The van der Waals surface area contributed by atoms with Crippen molar-refractivity contribution in [1.82, 2.24) is 5.32 Å². The lowest BCUT2D eigenvalue weighted by Gasteiger charge is -2.42. The summed E-state index contributed by atoms with van der Waals surface area (Å²) in [7, 11) is 0. The van der Waals surface area contributed by atoms with Crippen molar-refractivity contribution >= 4 is 0 Å². The van der Waals surface area contributed by atoms with E-state index in [0.717, 1.165) is 19.4 Å². The zero-order valence-electron chi connectivity index (χ0n) is 13.5. The molecule has 22 heavy (non-hydrogen) atoms. The van der Waals surface area contributed by atoms with Crippen LogP contribution in [0, 0.1) is 0 Å². The minimum absolute atomic E-state index is 0.0344. The van der Waals surface area contributed by atoms with Gasteiger partial charge in [-0.3, -0.25) is 0 Å². The number of benzene rings is 2. The Morgan fingerprint density at radius 1 is 1.00 bits per heavy atom. The SMILES string of the molecule is CC1(C)CO[C@@H](c2ccccc2)[C@H](CCc2ccccc2)N1. The summed E-state index contributed by atoms with van der Waals surface area (Å²) in [5, 5.41) is 3.79. The predicted octanol–water partition coefficient (Wildman–Crippen LogP) is 4.13. The van der Waals surface area contributed by atoms with Crippen molar-refractivity contribution in [3.05, 3.63) is 71.8 Å². The molecular weight excluding hydrogens is 270 g/mol. The number of morpholine rings is 1. The largest absolute Gasteiger partial charge is 0.370 e. The van der Waals surface area contributed by atoms with E-state index in [-0.39, 0.29) is 11.6 Å². The summed E-state index contributed by atoms with van der Waals surface area (Å²) in [6.45, 7) is 5.17. The lowest BCUT2D eigenvalue weighted by molar-refractivity contribution is -0.0561. The van der Waals surface area contributed by atoms with E-state index in [2.05, 4.69) is 79.8 Å². The molecule has 0 aliphatic carbocycles. The van der Waals surface area contributed by atoms with Crippen LogP contribution in [0.4, 0.5) is 0 Å². The summed E-state index contributed by atoms with van der Waals surface area (Å²) in [6, 6.07) is 21.6. The fourth-order valence-electron chi connectivity index (χ4n) is 3.20. The second-order valence-electron chi connectivity index (χ2n) is 6.80. The van der Waals surface area contributed by atoms with Gasteiger partial charge in [-0.05, 0) is 37.8 Å². The molecule has 0 bridgehead atoms. The van der Waals surface area contributed by atoms with E-state index in [9.17, 15) is 0 Å². The van der Waals surface area contributed by atoms with Crippen molar-refractivity contribution in [1.29, 1.82) is 0 Å². The van der Waals surface area contributed by atoms with E-state index in [4.69, 9.17) is 4.74 Å². The summed E-state index contributed by atoms with van der Waals surface area (Å²) in [5.74, 6) is 0. The van der Waals surface area contributed by atoms with Crippen LogP contribution < -0.4 is 5.32 Å². The number of hydrogen-bond acceptors (Lipinski definition) is 2. The first-order valence-corrected chi connectivity index (χ1v) is 8.12. The van der Waals surface area contributed by atoms with Gasteiger partial charge in [0.1, 0.15) is 0 Å². The molecular formula is C20H25NO. The highest BCUT2D eigenvalue weighted by molar-refractivity contribution is 5.21. The maximum atomic E-state index is 6.22. The van der Waals surface area contributed by atoms with E-state index >= 15 is 0 Å². The summed E-state index contributed by atoms with van der Waals surface area (Å²) >= 11 is 0. The van der Waals surface area contributed by atoms with E-state index < -0.39 is 0 Å². The average molecular weight is 295 g/mol. The quantitative estimate of drug-likeness (QED) is 0.916. The first-order valence-electron chi connectivity index (χ1n) is 8.12. The van der Waals surface area contributed by atoms with Crippen molar-refractivity contribution in [3.63, 3.8) is 0 Å². The first-order chi connectivity index (χ1) is 10.6. The van der Waals surface area contributed by atoms with E-state index in [1.807, 2.05) is 0 Å². The van der Waals surface area contributed by atoms with Gasteiger partial charge in [-0.25, -0.2) is 0 Å². The molecule has 2 aromatic rings. The van der Waals surface area contributed by atoms with Gasteiger partial charge in [0.2, 0.25) is 0 Å². The first kappa shape index (κ1) is 15.3. The molecule has 1 saturated heterocycles. The van der Waals surface area contributed by atoms with Crippen molar-refractivity contribution in [2.24, 2.45) is 0 Å². The minimum Gasteiger partial charge on any atom is -0.370 e. The molecule has 0 unspecified atom stereocenters. The monoisotopic (exact) mass is 295 g/mol. The molecule has 2 heteroatoms. The molecule has 1 N–H and O–H groups in total. The minimum atomic E-state index is 0.0344. The van der Waals surface area contributed by atoms with Crippen LogP contribution in [0.5, 0.6) is 0 Å². The Hall–Kier alpha value is -1.64. The standard InChI is InChI=1S/C20H25NO/c1-20(2)15-22-19(17-11-7-4-8-12-17)18(21-20)14-13-16-9-5-3-6-10-16/h3-12,18-19,21H,13-15H2,1-2H3/t18-,19-/m0/s1. The second kappa shape index (κ2) is 6.64. The lowest BCUT2D eigenvalue weighted by Crippen LogP contribution is -2.56. The average Bonchev–Trinajstić information content (AvgIpc) is 2.54. The Morgan fingerprint density at radius 3 is 2.32 bits per heavy atom. The number of hydrogen-bond donors (Lipinski definition) is 1. The van der Waals surface area contributed by atoms with Crippen LogP contribution in [0.3, 0.4) is 0 Å². The Morgan fingerprint density at radius 2 is 1.64 bits per heavy atom. The summed E-state index contributed by atoms with van der Waals surface area (Å²) < 4.78 is 6.22. The van der Waals surface area contributed by atoms with Gasteiger partial charge < -0.3 is 10.1 Å². The van der Waals surface area contributed by atoms with Crippen LogP contribution in [-0.4, -0.2) is 18.2 Å². The van der Waals surface area contributed by atoms with Crippen LogP contribution in [0.15, 0.2) is 60.7 Å². The number of rotatable bonds is 4. The van der Waals surface area contributed by atoms with Crippen molar-refractivity contribution in [3.8, 4) is 0 Å². The molecule has 1 fully saturated rings. The molecule has 116 valence electrons. The third-order valence-corrected chi connectivity index (χ3v) is 4.28. The number of nitrogens with one attached hydrogen (secondary N) is 1. The highest BCUT2D eigenvalue weighted by Gasteiger charge is 2.35. The molecule has 0 aromatic heterocycles. The fraction of sp³-hybridized carbons (Fsp3) is 0.400. The third kappa shape index (κ3) is 3.76. The van der Waals surface area contributed by atoms with Gasteiger partial charge in [-0.15, -0.1) is 0 Å². The third-order valence-electron chi connectivity index (χ3n) is 4.28. The molecule has 2 nitrogen and oxygen atoms in total. The Balaban J connectivity index is 1.74. The van der Waals surface area contributed by atoms with Gasteiger partial charge in [0.25, 0.3) is 0 Å². The summed E-state index contributed by atoms with van der Waals surface area (Å²) in [4.78, 5) is 0. The van der Waals surface area contributed by atoms with Crippen LogP contribution >= 0.6 is 0 Å². The van der Waals surface area contributed by atoms with E-state index in [1.54, 1.807) is 0 Å². The number of ether oxygens (including phenoxy) is 1. The molecule has 2 atom stereocenters. The maximum absolute atomic E-state index is 6.22. The smallest absolute Gasteiger partial charge is 0.0979 e. The molecule has 0 spiro atoms. The van der Waals surface area contributed by atoms with Gasteiger partial charge in [0.15, 0.2) is 0 Å². The highest BCUT2D eigenvalue weighted by Crippen LogP contribution is 2.30.